The molecule has 1 atom stereocenters. The molecule has 2 aromatic carbocycles. The van der Waals surface area contributed by atoms with Crippen LogP contribution in [0.25, 0.3) is 11.1 Å². The van der Waals surface area contributed by atoms with Crippen LogP contribution in [0.5, 0.6) is 11.5 Å². The van der Waals surface area contributed by atoms with Gasteiger partial charge in [0, 0.05) is 34.0 Å². The van der Waals surface area contributed by atoms with E-state index in [4.69, 9.17) is 21.1 Å². The molecule has 1 heterocycles. The number of pyridine rings is 1. The van der Waals surface area contributed by atoms with Crippen LogP contribution in [-0.4, -0.2) is 24.7 Å². The summed E-state index contributed by atoms with van der Waals surface area (Å²) >= 11 is 6.03. The highest BCUT2D eigenvalue weighted by molar-refractivity contribution is 6.31. The maximum atomic E-state index is 14.9. The van der Waals surface area contributed by atoms with E-state index in [0.717, 1.165) is 12.3 Å². The van der Waals surface area contributed by atoms with Crippen molar-refractivity contribution in [2.75, 3.05) is 19.5 Å². The summed E-state index contributed by atoms with van der Waals surface area (Å²) in [5, 5.41) is 12.1. The minimum absolute atomic E-state index is 0.0928. The fraction of sp³-hybridized carbons (Fsp3) is 0.136. The number of nitrogens with zero attached hydrogens (tertiary/aromatic N) is 2. The van der Waals surface area contributed by atoms with Crippen molar-refractivity contribution in [1.82, 2.24) is 4.57 Å². The molecule has 0 saturated carbocycles. The molecule has 1 N–H and O–H groups in total. The predicted octanol–water partition coefficient (Wildman–Crippen LogP) is 4.16. The number of nitrogens with one attached hydrogen (secondary N) is 1. The smallest absolute Gasteiger partial charge is 0.280 e. The highest BCUT2D eigenvalue weighted by atomic mass is 35.5. The Bertz CT molecular complexity index is 1240. The van der Waals surface area contributed by atoms with Crippen molar-refractivity contribution in [3.8, 4) is 28.7 Å². The summed E-state index contributed by atoms with van der Waals surface area (Å²) in [7, 11) is 2.79. The molecular formula is C22H17ClFN3O4. The van der Waals surface area contributed by atoms with Gasteiger partial charge in [-0.3, -0.25) is 14.2 Å². The molecule has 0 aliphatic carbocycles. The van der Waals surface area contributed by atoms with Crippen molar-refractivity contribution in [3.05, 3.63) is 75.7 Å². The number of carbonyl (C=O) groups excluding carboxylic acids is 1. The molecular weight excluding hydrogens is 425 g/mol. The second-order valence-electron chi connectivity index (χ2n) is 6.36. The Labute approximate surface area is 182 Å². The Hall–Kier alpha value is -3.83. The summed E-state index contributed by atoms with van der Waals surface area (Å²) in [4.78, 5) is 25.0. The van der Waals surface area contributed by atoms with Gasteiger partial charge in [0.05, 0.1) is 32.0 Å². The van der Waals surface area contributed by atoms with Crippen LogP contribution in [0.2, 0.25) is 5.02 Å². The van der Waals surface area contributed by atoms with Crippen LogP contribution in [0.1, 0.15) is 11.9 Å². The number of rotatable bonds is 6. The lowest BCUT2D eigenvalue weighted by molar-refractivity contribution is -0.123. The highest BCUT2D eigenvalue weighted by Crippen LogP contribution is 2.33. The van der Waals surface area contributed by atoms with Gasteiger partial charge in [0.2, 0.25) is 0 Å². The molecule has 0 radical (unpaired) electrons. The molecule has 1 amide bonds. The van der Waals surface area contributed by atoms with Crippen molar-refractivity contribution in [2.45, 2.75) is 6.30 Å². The van der Waals surface area contributed by atoms with Gasteiger partial charge < -0.3 is 14.8 Å². The lowest BCUT2D eigenvalue weighted by Gasteiger charge is -2.16. The van der Waals surface area contributed by atoms with E-state index in [1.54, 1.807) is 18.2 Å². The third kappa shape index (κ3) is 4.68. The number of ether oxygens (including phenoxy) is 2. The number of anilines is 1. The number of carbonyl (C=O) groups is 1. The SMILES string of the molecule is COc1cccc(NC(=O)C(F)n2cc(OC)c(-c3cc(Cl)ccc3C#N)cc2=O)c1. The van der Waals surface area contributed by atoms with Crippen molar-refractivity contribution >= 4 is 23.2 Å². The molecule has 31 heavy (non-hydrogen) atoms. The van der Waals surface area contributed by atoms with Crippen LogP contribution in [-0.2, 0) is 4.79 Å². The molecule has 0 saturated heterocycles. The number of hydrogen-bond donors (Lipinski definition) is 1. The second-order valence-corrected chi connectivity index (χ2v) is 6.80. The van der Waals surface area contributed by atoms with E-state index >= 15 is 0 Å². The minimum atomic E-state index is -2.32. The van der Waals surface area contributed by atoms with Gasteiger partial charge in [-0.05, 0) is 30.3 Å². The molecule has 3 rings (SSSR count). The molecule has 0 spiro atoms. The lowest BCUT2D eigenvalue weighted by atomic mass is 10.0. The Morgan fingerprint density at radius 1 is 1.16 bits per heavy atom. The Morgan fingerprint density at radius 2 is 1.94 bits per heavy atom. The average molecular weight is 442 g/mol. The minimum Gasteiger partial charge on any atom is -0.497 e. The standard InChI is InChI=1S/C22H17ClFN3O4/c1-30-16-5-3-4-15(9-16)26-22(29)21(24)27-12-19(31-2)18(10-20(27)28)17-8-14(23)7-6-13(17)11-25/h3-10,12,21H,1-2H3,(H,26,29). The summed E-state index contributed by atoms with van der Waals surface area (Å²) in [6, 6.07) is 14.0. The van der Waals surface area contributed by atoms with Crippen molar-refractivity contribution in [2.24, 2.45) is 0 Å². The molecule has 9 heteroatoms. The zero-order chi connectivity index (χ0) is 22.5. The predicted molar refractivity (Wildman–Crippen MR) is 114 cm³/mol. The van der Waals surface area contributed by atoms with Crippen LogP contribution in [0, 0.1) is 11.3 Å². The van der Waals surface area contributed by atoms with Gasteiger partial charge in [0.25, 0.3) is 17.8 Å². The van der Waals surface area contributed by atoms with Crippen LogP contribution < -0.4 is 20.3 Å². The number of halogens is 2. The summed E-state index contributed by atoms with van der Waals surface area (Å²) in [6.07, 6.45) is -1.24. The number of benzene rings is 2. The largest absolute Gasteiger partial charge is 0.497 e. The fourth-order valence-corrected chi connectivity index (χ4v) is 3.12. The second kappa shape index (κ2) is 9.32. The average Bonchev–Trinajstić information content (AvgIpc) is 2.78. The lowest BCUT2D eigenvalue weighted by Crippen LogP contribution is -2.30. The Balaban J connectivity index is 1.98. The van der Waals surface area contributed by atoms with Crippen LogP contribution in [0.3, 0.4) is 0 Å². The number of aromatic nitrogens is 1. The Morgan fingerprint density at radius 3 is 2.61 bits per heavy atom. The van der Waals surface area contributed by atoms with E-state index in [9.17, 15) is 19.2 Å². The zero-order valence-corrected chi connectivity index (χ0v) is 17.3. The first kappa shape index (κ1) is 21.9. The van der Waals surface area contributed by atoms with Gasteiger partial charge in [-0.2, -0.15) is 5.26 Å². The van der Waals surface area contributed by atoms with E-state index < -0.39 is 17.8 Å². The molecule has 0 bridgehead atoms. The summed E-state index contributed by atoms with van der Waals surface area (Å²) in [6.45, 7) is 0. The number of nitriles is 1. The maximum absolute atomic E-state index is 14.9. The number of methoxy groups -OCH3 is 2. The number of hydrogen-bond acceptors (Lipinski definition) is 5. The zero-order valence-electron chi connectivity index (χ0n) is 16.6. The number of alkyl halides is 1. The highest BCUT2D eigenvalue weighted by Gasteiger charge is 2.23. The molecule has 0 fully saturated rings. The normalized spacial score (nSPS) is 11.3. The van der Waals surface area contributed by atoms with E-state index in [-0.39, 0.29) is 16.9 Å². The van der Waals surface area contributed by atoms with Gasteiger partial charge in [0.1, 0.15) is 11.5 Å². The van der Waals surface area contributed by atoms with E-state index in [2.05, 4.69) is 5.32 Å². The third-order valence-corrected chi connectivity index (χ3v) is 4.69. The van der Waals surface area contributed by atoms with Crippen LogP contribution >= 0.6 is 11.6 Å². The van der Waals surface area contributed by atoms with Gasteiger partial charge in [-0.25, -0.2) is 4.39 Å². The Kier molecular flexibility index (Phi) is 6.58. The van der Waals surface area contributed by atoms with Crippen LogP contribution in [0.4, 0.5) is 10.1 Å². The van der Waals surface area contributed by atoms with Crippen molar-refractivity contribution in [3.63, 3.8) is 0 Å². The quantitative estimate of drug-likeness (QED) is 0.619. The van der Waals surface area contributed by atoms with E-state index in [1.807, 2.05) is 6.07 Å². The maximum Gasteiger partial charge on any atom is 0.280 e. The molecule has 1 aromatic heterocycles. The topological polar surface area (TPSA) is 93.3 Å². The summed E-state index contributed by atoms with van der Waals surface area (Å²) < 4.78 is 25.9. The molecule has 158 valence electrons. The third-order valence-electron chi connectivity index (χ3n) is 4.45. The monoisotopic (exact) mass is 441 g/mol. The van der Waals surface area contributed by atoms with Gasteiger partial charge in [-0.1, -0.05) is 17.7 Å². The van der Waals surface area contributed by atoms with Gasteiger partial charge >= 0.3 is 0 Å². The fourth-order valence-electron chi connectivity index (χ4n) is 2.94. The molecule has 7 nitrogen and oxygen atoms in total. The van der Waals surface area contributed by atoms with Crippen molar-refractivity contribution in [1.29, 1.82) is 5.26 Å². The first-order chi connectivity index (χ1) is 14.9. The van der Waals surface area contributed by atoms with E-state index in [1.165, 1.54) is 38.5 Å². The molecule has 3 aromatic rings. The van der Waals surface area contributed by atoms with Crippen molar-refractivity contribution < 1.29 is 18.7 Å². The molecule has 1 unspecified atom stereocenters. The summed E-state index contributed by atoms with van der Waals surface area (Å²) in [5.41, 5.74) is 0.372. The first-order valence-corrected chi connectivity index (χ1v) is 9.35. The van der Waals surface area contributed by atoms with Gasteiger partial charge in [0.15, 0.2) is 0 Å². The molecule has 0 aliphatic heterocycles. The summed E-state index contributed by atoms with van der Waals surface area (Å²) in [5.74, 6) is -0.480. The molecule has 0 aliphatic rings. The number of amides is 1. The van der Waals surface area contributed by atoms with Crippen LogP contribution in [0.15, 0.2) is 59.5 Å². The van der Waals surface area contributed by atoms with Gasteiger partial charge in [-0.15, -0.1) is 0 Å². The van der Waals surface area contributed by atoms with E-state index in [0.29, 0.717) is 26.6 Å². The first-order valence-electron chi connectivity index (χ1n) is 8.97.